The molecular formula is C26H37NO2. The van der Waals surface area contributed by atoms with E-state index in [1.54, 1.807) is 0 Å². The zero-order valence-electron chi connectivity index (χ0n) is 18.5. The fraction of sp³-hybridized carbons (Fsp3) is 0.731. The molecule has 3 aliphatic carbocycles. The highest BCUT2D eigenvalue weighted by Gasteiger charge is 2.58. The first-order chi connectivity index (χ1) is 14.1. The molecule has 1 aromatic rings. The van der Waals surface area contributed by atoms with Crippen molar-refractivity contribution >= 4 is 5.57 Å². The molecule has 0 spiro atoms. The van der Waals surface area contributed by atoms with Gasteiger partial charge in [0.05, 0.1) is 18.9 Å². The van der Waals surface area contributed by atoms with Gasteiger partial charge in [0.2, 0.25) is 0 Å². The Bertz CT molecular complexity index is 789. The maximum atomic E-state index is 6.27. The minimum absolute atomic E-state index is 0.283. The quantitative estimate of drug-likeness (QED) is 0.601. The van der Waals surface area contributed by atoms with E-state index in [9.17, 15) is 0 Å². The van der Waals surface area contributed by atoms with Crippen LogP contribution >= 0.6 is 0 Å². The second-order valence-corrected chi connectivity index (χ2v) is 10.5. The Hall–Kier alpha value is -1.35. The van der Waals surface area contributed by atoms with Gasteiger partial charge in [-0.2, -0.15) is 0 Å². The lowest BCUT2D eigenvalue weighted by molar-refractivity contribution is -0.168. The molecule has 158 valence electrons. The third kappa shape index (κ3) is 3.07. The van der Waals surface area contributed by atoms with Gasteiger partial charge in [-0.25, -0.2) is 0 Å². The predicted molar refractivity (Wildman–Crippen MR) is 117 cm³/mol. The average Bonchev–Trinajstić information content (AvgIpc) is 3.09. The van der Waals surface area contributed by atoms with E-state index in [2.05, 4.69) is 44.1 Å². The Kier molecular flexibility index (Phi) is 5.01. The lowest BCUT2D eigenvalue weighted by atomic mass is 9.47. The fourth-order valence-electron chi connectivity index (χ4n) is 7.60. The molecule has 3 heteroatoms. The van der Waals surface area contributed by atoms with Crippen molar-refractivity contribution in [3.05, 3.63) is 30.1 Å². The predicted octanol–water partition coefficient (Wildman–Crippen LogP) is 6.29. The number of pyridine rings is 1. The maximum absolute atomic E-state index is 6.27. The van der Waals surface area contributed by atoms with E-state index in [1.807, 2.05) is 6.20 Å². The molecule has 0 radical (unpaired) electrons. The summed E-state index contributed by atoms with van der Waals surface area (Å²) in [6, 6.07) is 2.22. The molecule has 1 saturated heterocycles. The van der Waals surface area contributed by atoms with E-state index in [0.29, 0.717) is 11.5 Å². The highest BCUT2D eigenvalue weighted by molar-refractivity contribution is 5.73. The van der Waals surface area contributed by atoms with Crippen LogP contribution in [0.15, 0.2) is 24.5 Å². The van der Waals surface area contributed by atoms with Crippen LogP contribution in [0, 0.1) is 28.6 Å². The molecular weight excluding hydrogens is 358 g/mol. The van der Waals surface area contributed by atoms with Crippen LogP contribution in [0.1, 0.15) is 77.7 Å². The van der Waals surface area contributed by atoms with E-state index < -0.39 is 0 Å². The largest absolute Gasteiger partial charge is 0.492 e. The number of allylic oxidation sites excluding steroid dienone is 2. The summed E-state index contributed by atoms with van der Waals surface area (Å²) in [5.41, 5.74) is 3.50. The molecule has 2 saturated carbocycles. The number of aromatic nitrogens is 1. The van der Waals surface area contributed by atoms with Crippen LogP contribution in [0.3, 0.4) is 0 Å². The van der Waals surface area contributed by atoms with Crippen LogP contribution in [0.4, 0.5) is 0 Å². The number of ether oxygens (including phenoxy) is 2. The third-order valence-electron chi connectivity index (χ3n) is 9.04. The topological polar surface area (TPSA) is 31.4 Å². The molecule has 0 aromatic carbocycles. The summed E-state index contributed by atoms with van der Waals surface area (Å²) < 4.78 is 12.2. The van der Waals surface area contributed by atoms with Gasteiger partial charge in [-0.3, -0.25) is 4.98 Å². The number of hydrogen-bond acceptors (Lipinski definition) is 3. The van der Waals surface area contributed by atoms with E-state index in [4.69, 9.17) is 9.47 Å². The molecule has 1 aliphatic heterocycles. The van der Waals surface area contributed by atoms with Crippen molar-refractivity contribution in [3.63, 3.8) is 0 Å². The average molecular weight is 396 g/mol. The number of fused-ring (bicyclic) bond motifs is 5. The molecule has 0 bridgehead atoms. The Labute approximate surface area is 176 Å². The molecule has 1 aromatic heterocycles. The van der Waals surface area contributed by atoms with Crippen LogP contribution < -0.4 is 4.74 Å². The summed E-state index contributed by atoms with van der Waals surface area (Å²) in [5.74, 6) is 3.37. The van der Waals surface area contributed by atoms with E-state index in [-0.39, 0.29) is 5.41 Å². The molecule has 0 unspecified atom stereocenters. The van der Waals surface area contributed by atoms with E-state index in [0.717, 1.165) is 43.1 Å². The summed E-state index contributed by atoms with van der Waals surface area (Å²) in [4.78, 5) is 4.51. The second-order valence-electron chi connectivity index (χ2n) is 10.5. The SMILES string of the molecule is CCCOc1cncc(C2=CC[C@H]3[C@@H]4CC[C@@H]5OCCC[C@]5(C)[C@H]4CC[C@]23C)c1. The summed E-state index contributed by atoms with van der Waals surface area (Å²) >= 11 is 0. The highest BCUT2D eigenvalue weighted by atomic mass is 16.5. The standard InChI is InChI=1S/C26H37NO2/c1-4-13-28-19-15-18(16-27-17-19)21-7-8-22-20-6-9-24-26(3,11-5-14-29-24)23(20)10-12-25(21,22)2/h7,15-17,20,22-24H,4-6,8-14H2,1-3H3/t20-,22-,23-,24-,25+,26+/m0/s1. The summed E-state index contributed by atoms with van der Waals surface area (Å²) in [7, 11) is 0. The number of nitrogens with zero attached hydrogens (tertiary/aromatic N) is 1. The first-order valence-corrected chi connectivity index (χ1v) is 12.0. The highest BCUT2D eigenvalue weighted by Crippen LogP contribution is 2.66. The Morgan fingerprint density at radius 3 is 2.90 bits per heavy atom. The molecule has 0 amide bonds. The second kappa shape index (κ2) is 7.41. The zero-order chi connectivity index (χ0) is 20.1. The molecule has 6 atom stereocenters. The molecule has 0 N–H and O–H groups in total. The van der Waals surface area contributed by atoms with Gasteiger partial charge in [0, 0.05) is 12.8 Å². The smallest absolute Gasteiger partial charge is 0.138 e. The van der Waals surface area contributed by atoms with Gasteiger partial charge in [-0.1, -0.05) is 26.8 Å². The Morgan fingerprint density at radius 2 is 2.03 bits per heavy atom. The summed E-state index contributed by atoms with van der Waals surface area (Å²) in [6.45, 7) is 8.98. The maximum Gasteiger partial charge on any atom is 0.138 e. The van der Waals surface area contributed by atoms with Gasteiger partial charge in [0.15, 0.2) is 0 Å². The van der Waals surface area contributed by atoms with Gasteiger partial charge >= 0.3 is 0 Å². The van der Waals surface area contributed by atoms with Gasteiger partial charge in [-0.15, -0.1) is 0 Å². The van der Waals surface area contributed by atoms with Gasteiger partial charge in [0.1, 0.15) is 5.75 Å². The first-order valence-electron chi connectivity index (χ1n) is 12.0. The van der Waals surface area contributed by atoms with Crippen molar-refractivity contribution in [1.29, 1.82) is 0 Å². The number of hydrogen-bond donors (Lipinski definition) is 0. The van der Waals surface area contributed by atoms with Crippen LogP contribution in [-0.2, 0) is 4.74 Å². The van der Waals surface area contributed by atoms with Crippen molar-refractivity contribution in [3.8, 4) is 5.75 Å². The first kappa shape index (κ1) is 19.6. The third-order valence-corrected chi connectivity index (χ3v) is 9.04. The minimum atomic E-state index is 0.283. The van der Waals surface area contributed by atoms with E-state index >= 15 is 0 Å². The van der Waals surface area contributed by atoms with Crippen LogP contribution in [0.2, 0.25) is 0 Å². The normalized spacial score (nSPS) is 41.1. The van der Waals surface area contributed by atoms with Gasteiger partial charge < -0.3 is 9.47 Å². The molecule has 5 rings (SSSR count). The molecule has 2 heterocycles. The molecule has 29 heavy (non-hydrogen) atoms. The molecule has 4 aliphatic rings. The fourth-order valence-corrected chi connectivity index (χ4v) is 7.60. The van der Waals surface area contributed by atoms with Crippen LogP contribution in [0.25, 0.3) is 5.57 Å². The summed E-state index contributed by atoms with van der Waals surface area (Å²) in [6.07, 6.45) is 17.1. The lowest BCUT2D eigenvalue weighted by Crippen LogP contribution is -2.55. The van der Waals surface area contributed by atoms with Crippen LogP contribution in [0.5, 0.6) is 5.75 Å². The van der Waals surface area contributed by atoms with Crippen molar-refractivity contribution in [2.24, 2.45) is 28.6 Å². The molecule has 3 nitrogen and oxygen atoms in total. The van der Waals surface area contributed by atoms with Crippen molar-refractivity contribution in [2.45, 2.75) is 78.2 Å². The Balaban J connectivity index is 1.40. The minimum Gasteiger partial charge on any atom is -0.492 e. The van der Waals surface area contributed by atoms with Crippen molar-refractivity contribution in [2.75, 3.05) is 13.2 Å². The molecule has 3 fully saturated rings. The lowest BCUT2D eigenvalue weighted by Gasteiger charge is -2.59. The summed E-state index contributed by atoms with van der Waals surface area (Å²) in [5, 5.41) is 0. The van der Waals surface area contributed by atoms with Crippen molar-refractivity contribution < 1.29 is 9.47 Å². The van der Waals surface area contributed by atoms with E-state index in [1.165, 1.54) is 56.1 Å². The van der Waals surface area contributed by atoms with Gasteiger partial charge in [-0.05, 0) is 97.2 Å². The monoisotopic (exact) mass is 395 g/mol. The van der Waals surface area contributed by atoms with Crippen molar-refractivity contribution in [1.82, 2.24) is 4.98 Å². The Morgan fingerprint density at radius 1 is 1.14 bits per heavy atom. The van der Waals surface area contributed by atoms with Gasteiger partial charge in [0.25, 0.3) is 0 Å². The number of rotatable bonds is 4. The van der Waals surface area contributed by atoms with Crippen LogP contribution in [-0.4, -0.2) is 24.3 Å². The zero-order valence-corrected chi connectivity index (χ0v) is 18.5.